The molecule has 3 N–H and O–H groups in total. The van der Waals surface area contributed by atoms with Crippen molar-refractivity contribution in [2.45, 2.75) is 30.6 Å². The van der Waals surface area contributed by atoms with Gasteiger partial charge < -0.3 is 11.1 Å². The van der Waals surface area contributed by atoms with Crippen LogP contribution >= 0.6 is 0 Å². The molecule has 1 heterocycles. The third-order valence-electron chi connectivity index (χ3n) is 4.84. The maximum Gasteiger partial charge on any atom is 0.251 e. The molecule has 0 spiro atoms. The highest BCUT2D eigenvalue weighted by Gasteiger charge is 2.25. The number of anilines is 1. The van der Waals surface area contributed by atoms with Crippen molar-refractivity contribution in [3.63, 3.8) is 0 Å². The molecule has 0 radical (unpaired) electrons. The smallest absolute Gasteiger partial charge is 0.251 e. The number of carbonyl (C=O) groups excluding carboxylic acids is 2. The van der Waals surface area contributed by atoms with E-state index in [0.717, 1.165) is 25.3 Å². The number of halogens is 2. The summed E-state index contributed by atoms with van der Waals surface area (Å²) in [5.41, 5.74) is 4.61. The molecule has 0 bridgehead atoms. The van der Waals surface area contributed by atoms with Gasteiger partial charge >= 0.3 is 0 Å². The van der Waals surface area contributed by atoms with Crippen LogP contribution in [0.2, 0.25) is 0 Å². The molecule has 30 heavy (non-hydrogen) atoms. The molecule has 10 heteroatoms. The number of sulfonamides is 1. The van der Waals surface area contributed by atoms with Crippen molar-refractivity contribution < 1.29 is 26.8 Å². The molecule has 2 aromatic rings. The fourth-order valence-corrected chi connectivity index (χ4v) is 4.76. The van der Waals surface area contributed by atoms with Crippen molar-refractivity contribution in [1.29, 1.82) is 0 Å². The molecule has 1 aliphatic heterocycles. The summed E-state index contributed by atoms with van der Waals surface area (Å²) < 4.78 is 54.2. The Hall–Kier alpha value is -2.85. The average molecular weight is 437 g/mol. The van der Waals surface area contributed by atoms with Crippen LogP contribution < -0.4 is 11.1 Å². The first-order chi connectivity index (χ1) is 14.2. The summed E-state index contributed by atoms with van der Waals surface area (Å²) in [5, 5.41) is 2.26. The van der Waals surface area contributed by atoms with Gasteiger partial charge in [0.25, 0.3) is 5.91 Å². The number of amides is 2. The summed E-state index contributed by atoms with van der Waals surface area (Å²) in [5.74, 6) is -3.88. The molecule has 1 saturated heterocycles. The number of hydrogen-bond acceptors (Lipinski definition) is 4. The van der Waals surface area contributed by atoms with Gasteiger partial charge in [-0.1, -0.05) is 18.6 Å². The van der Waals surface area contributed by atoms with Crippen LogP contribution in [-0.2, 0) is 21.2 Å². The Morgan fingerprint density at radius 2 is 1.63 bits per heavy atom. The van der Waals surface area contributed by atoms with Gasteiger partial charge in [-0.05, 0) is 36.6 Å². The van der Waals surface area contributed by atoms with Crippen LogP contribution in [0.25, 0.3) is 0 Å². The van der Waals surface area contributed by atoms with Gasteiger partial charge in [-0.3, -0.25) is 9.59 Å². The highest BCUT2D eigenvalue weighted by molar-refractivity contribution is 7.89. The number of nitrogens with one attached hydrogen (secondary N) is 1. The molecule has 0 atom stereocenters. The normalized spacial score (nSPS) is 15.0. The lowest BCUT2D eigenvalue weighted by Gasteiger charge is -2.25. The van der Waals surface area contributed by atoms with Crippen LogP contribution in [-0.4, -0.2) is 37.6 Å². The second kappa shape index (κ2) is 8.88. The first kappa shape index (κ1) is 21.8. The van der Waals surface area contributed by atoms with Crippen LogP contribution in [0.3, 0.4) is 0 Å². The van der Waals surface area contributed by atoms with Crippen molar-refractivity contribution in [3.8, 4) is 0 Å². The molecule has 0 aromatic heterocycles. The number of rotatable bonds is 6. The first-order valence-electron chi connectivity index (χ1n) is 9.36. The monoisotopic (exact) mass is 437 g/mol. The minimum absolute atomic E-state index is 0.143. The van der Waals surface area contributed by atoms with E-state index in [0.29, 0.717) is 24.7 Å². The van der Waals surface area contributed by atoms with E-state index in [1.54, 1.807) is 0 Å². The van der Waals surface area contributed by atoms with Gasteiger partial charge in [0.1, 0.15) is 11.6 Å². The minimum Gasteiger partial charge on any atom is -0.366 e. The van der Waals surface area contributed by atoms with Gasteiger partial charge in [0.15, 0.2) is 0 Å². The number of piperidine rings is 1. The fraction of sp³-hybridized carbons (Fsp3) is 0.300. The van der Waals surface area contributed by atoms with E-state index in [1.807, 2.05) is 0 Å². The van der Waals surface area contributed by atoms with Crippen molar-refractivity contribution in [1.82, 2.24) is 4.31 Å². The summed E-state index contributed by atoms with van der Waals surface area (Å²) in [6.07, 6.45) is 2.49. The molecule has 160 valence electrons. The van der Waals surface area contributed by atoms with Crippen molar-refractivity contribution in [2.24, 2.45) is 5.73 Å². The molecular weight excluding hydrogens is 416 g/mol. The van der Waals surface area contributed by atoms with Gasteiger partial charge in [0.05, 0.1) is 22.6 Å². The fourth-order valence-electron chi connectivity index (χ4n) is 3.25. The highest BCUT2D eigenvalue weighted by Crippen LogP contribution is 2.22. The van der Waals surface area contributed by atoms with E-state index in [1.165, 1.54) is 28.6 Å². The molecule has 1 aliphatic rings. The summed E-state index contributed by atoms with van der Waals surface area (Å²) in [6, 6.07) is 7.17. The van der Waals surface area contributed by atoms with Crippen molar-refractivity contribution in [3.05, 3.63) is 59.2 Å². The van der Waals surface area contributed by atoms with Gasteiger partial charge in [-0.25, -0.2) is 17.2 Å². The maximum atomic E-state index is 13.9. The van der Waals surface area contributed by atoms with E-state index < -0.39 is 39.0 Å². The molecule has 1 fully saturated rings. The largest absolute Gasteiger partial charge is 0.366 e. The molecule has 2 aromatic carbocycles. The Morgan fingerprint density at radius 1 is 1.00 bits per heavy atom. The van der Waals surface area contributed by atoms with Gasteiger partial charge in [0.2, 0.25) is 15.9 Å². The lowest BCUT2D eigenvalue weighted by atomic mass is 10.1. The Labute approximate surface area is 172 Å². The Balaban J connectivity index is 1.69. The van der Waals surface area contributed by atoms with Gasteiger partial charge in [0, 0.05) is 19.2 Å². The summed E-state index contributed by atoms with van der Waals surface area (Å²) in [4.78, 5) is 23.5. The average Bonchev–Trinajstić information content (AvgIpc) is 2.71. The lowest BCUT2D eigenvalue weighted by Crippen LogP contribution is -2.35. The van der Waals surface area contributed by atoms with Gasteiger partial charge in [-0.2, -0.15) is 4.31 Å². The maximum absolute atomic E-state index is 13.9. The van der Waals surface area contributed by atoms with E-state index in [9.17, 15) is 26.8 Å². The van der Waals surface area contributed by atoms with Crippen LogP contribution in [0.1, 0.15) is 35.2 Å². The SMILES string of the molecule is NC(=O)c1cc(NC(=O)Cc2ccc(S(=O)(=O)N3CCCCC3)cc2)c(F)cc1F. The van der Waals surface area contributed by atoms with E-state index in [4.69, 9.17) is 5.73 Å². The molecule has 3 rings (SSSR count). The van der Waals surface area contributed by atoms with Crippen molar-refractivity contribution >= 4 is 27.5 Å². The Morgan fingerprint density at radius 3 is 2.23 bits per heavy atom. The molecule has 0 unspecified atom stereocenters. The topological polar surface area (TPSA) is 110 Å². The van der Waals surface area contributed by atoms with E-state index >= 15 is 0 Å². The van der Waals surface area contributed by atoms with Crippen LogP contribution in [0, 0.1) is 11.6 Å². The van der Waals surface area contributed by atoms with E-state index in [2.05, 4.69) is 5.32 Å². The Bertz CT molecular complexity index is 1070. The number of benzene rings is 2. The molecule has 7 nitrogen and oxygen atoms in total. The molecular formula is C20H21F2N3O4S. The number of hydrogen-bond donors (Lipinski definition) is 2. The molecule has 0 saturated carbocycles. The zero-order valence-corrected chi connectivity index (χ0v) is 16.8. The first-order valence-corrected chi connectivity index (χ1v) is 10.8. The number of nitrogens with zero attached hydrogens (tertiary/aromatic N) is 1. The van der Waals surface area contributed by atoms with Crippen LogP contribution in [0.15, 0.2) is 41.3 Å². The third kappa shape index (κ3) is 4.82. The number of carbonyl (C=O) groups is 2. The zero-order valence-electron chi connectivity index (χ0n) is 16.0. The Kier molecular flexibility index (Phi) is 6.47. The molecule has 0 aliphatic carbocycles. The quantitative estimate of drug-likeness (QED) is 0.723. The van der Waals surface area contributed by atoms with E-state index in [-0.39, 0.29) is 17.0 Å². The second-order valence-corrected chi connectivity index (χ2v) is 8.95. The number of primary amides is 1. The predicted molar refractivity (Wildman–Crippen MR) is 106 cm³/mol. The summed E-state index contributed by atoms with van der Waals surface area (Å²) in [6.45, 7) is 0.978. The van der Waals surface area contributed by atoms with Crippen molar-refractivity contribution in [2.75, 3.05) is 18.4 Å². The highest BCUT2D eigenvalue weighted by atomic mass is 32.2. The summed E-state index contributed by atoms with van der Waals surface area (Å²) in [7, 11) is -3.57. The minimum atomic E-state index is -3.57. The summed E-state index contributed by atoms with van der Waals surface area (Å²) >= 11 is 0. The standard InChI is InChI=1S/C20H21F2N3O4S/c21-16-12-17(22)18(11-15(16)20(23)27)24-19(26)10-13-4-6-14(7-5-13)30(28,29)25-8-2-1-3-9-25/h4-7,11-12H,1-3,8-10H2,(H2,23,27)(H,24,26). The molecule has 2 amide bonds. The third-order valence-corrected chi connectivity index (χ3v) is 6.75. The van der Waals surface area contributed by atoms with Gasteiger partial charge in [-0.15, -0.1) is 0 Å². The zero-order chi connectivity index (χ0) is 21.9. The lowest BCUT2D eigenvalue weighted by molar-refractivity contribution is -0.115. The van der Waals surface area contributed by atoms with Crippen LogP contribution in [0.5, 0.6) is 0 Å². The number of nitrogens with two attached hydrogens (primary N) is 1. The van der Waals surface area contributed by atoms with Crippen LogP contribution in [0.4, 0.5) is 14.5 Å². The predicted octanol–water partition coefficient (Wildman–Crippen LogP) is 2.42. The second-order valence-electron chi connectivity index (χ2n) is 7.01.